The summed E-state index contributed by atoms with van der Waals surface area (Å²) in [5, 5.41) is 3.39. The predicted octanol–water partition coefficient (Wildman–Crippen LogP) is 2.88. The van der Waals surface area contributed by atoms with Crippen molar-refractivity contribution in [2.75, 3.05) is 26.2 Å². The molecule has 4 nitrogen and oxygen atoms in total. The van der Waals surface area contributed by atoms with Gasteiger partial charge in [-0.15, -0.1) is 11.3 Å². The molecule has 1 aliphatic carbocycles. The molecule has 0 radical (unpaired) electrons. The molecule has 1 aromatic rings. The summed E-state index contributed by atoms with van der Waals surface area (Å²) in [6.45, 7) is 11.2. The van der Waals surface area contributed by atoms with Crippen LogP contribution in [0.5, 0.6) is 0 Å². The van der Waals surface area contributed by atoms with Crippen LogP contribution >= 0.6 is 11.3 Å². The van der Waals surface area contributed by atoms with E-state index in [1.165, 1.54) is 23.5 Å². The molecule has 2 heterocycles. The number of thiazole rings is 1. The van der Waals surface area contributed by atoms with E-state index in [1.807, 2.05) is 0 Å². The van der Waals surface area contributed by atoms with Crippen LogP contribution in [0.3, 0.4) is 0 Å². The SMILES string of the molecule is CC(C)(C)c1nc(CN2CCN(C(=O)CC3CC3)CC2)cs1. The zero-order valence-electron chi connectivity index (χ0n) is 14.0. The van der Waals surface area contributed by atoms with Gasteiger partial charge in [0.15, 0.2) is 0 Å². The second kappa shape index (κ2) is 6.28. The van der Waals surface area contributed by atoms with Crippen molar-refractivity contribution >= 4 is 17.2 Å². The van der Waals surface area contributed by atoms with Gasteiger partial charge in [-0.2, -0.15) is 0 Å². The van der Waals surface area contributed by atoms with Gasteiger partial charge in [0, 0.05) is 49.9 Å². The summed E-state index contributed by atoms with van der Waals surface area (Å²) in [7, 11) is 0. The molecular formula is C17H27N3OS. The smallest absolute Gasteiger partial charge is 0.222 e. The van der Waals surface area contributed by atoms with E-state index >= 15 is 0 Å². The Morgan fingerprint density at radius 3 is 2.50 bits per heavy atom. The normalized spacial score (nSPS) is 20.4. The number of hydrogen-bond donors (Lipinski definition) is 0. The lowest BCUT2D eigenvalue weighted by atomic mass is 9.98. The minimum absolute atomic E-state index is 0.136. The third kappa shape index (κ3) is 4.07. The monoisotopic (exact) mass is 321 g/mol. The molecule has 1 aliphatic heterocycles. The quantitative estimate of drug-likeness (QED) is 0.855. The minimum atomic E-state index is 0.136. The molecule has 5 heteroatoms. The summed E-state index contributed by atoms with van der Waals surface area (Å²) >= 11 is 1.76. The van der Waals surface area contributed by atoms with Crippen molar-refractivity contribution in [3.63, 3.8) is 0 Å². The molecule has 2 fully saturated rings. The fraction of sp³-hybridized carbons (Fsp3) is 0.765. The van der Waals surface area contributed by atoms with Gasteiger partial charge >= 0.3 is 0 Å². The van der Waals surface area contributed by atoms with Crippen molar-refractivity contribution in [2.45, 2.75) is 52.0 Å². The fourth-order valence-corrected chi connectivity index (χ4v) is 3.71. The third-order valence-electron chi connectivity index (χ3n) is 4.46. The Labute approximate surface area is 137 Å². The molecule has 0 atom stereocenters. The predicted molar refractivity (Wildman–Crippen MR) is 90.0 cm³/mol. The minimum Gasteiger partial charge on any atom is -0.340 e. The van der Waals surface area contributed by atoms with E-state index < -0.39 is 0 Å². The van der Waals surface area contributed by atoms with Crippen molar-refractivity contribution in [3.8, 4) is 0 Å². The lowest BCUT2D eigenvalue weighted by molar-refractivity contribution is -0.133. The summed E-state index contributed by atoms with van der Waals surface area (Å²) in [5.41, 5.74) is 1.31. The number of hydrogen-bond acceptors (Lipinski definition) is 4. The second-order valence-corrected chi connectivity index (χ2v) is 8.56. The first-order chi connectivity index (χ1) is 10.4. The van der Waals surface area contributed by atoms with Gasteiger partial charge in [-0.1, -0.05) is 20.8 Å². The number of carbonyl (C=O) groups excluding carboxylic acids is 1. The van der Waals surface area contributed by atoms with Crippen LogP contribution in [0.25, 0.3) is 0 Å². The number of aromatic nitrogens is 1. The molecule has 1 aromatic heterocycles. The molecule has 1 amide bonds. The number of amides is 1. The summed E-state index contributed by atoms with van der Waals surface area (Å²) in [5.74, 6) is 1.06. The second-order valence-electron chi connectivity index (χ2n) is 7.70. The van der Waals surface area contributed by atoms with Gasteiger partial charge in [0.1, 0.15) is 0 Å². The highest BCUT2D eigenvalue weighted by Gasteiger charge is 2.28. The first-order valence-corrected chi connectivity index (χ1v) is 9.25. The number of piperazine rings is 1. The van der Waals surface area contributed by atoms with E-state index in [0.29, 0.717) is 11.8 Å². The fourth-order valence-electron chi connectivity index (χ4n) is 2.81. The summed E-state index contributed by atoms with van der Waals surface area (Å²) in [6.07, 6.45) is 3.29. The molecule has 1 saturated carbocycles. The third-order valence-corrected chi connectivity index (χ3v) is 5.78. The van der Waals surface area contributed by atoms with Crippen molar-refractivity contribution in [1.29, 1.82) is 0 Å². The molecule has 0 unspecified atom stereocenters. The molecule has 2 aliphatic rings. The van der Waals surface area contributed by atoms with Gasteiger partial charge in [0.25, 0.3) is 0 Å². The topological polar surface area (TPSA) is 36.4 Å². The van der Waals surface area contributed by atoms with Crippen LogP contribution in [-0.2, 0) is 16.8 Å². The van der Waals surface area contributed by atoms with Crippen molar-refractivity contribution in [2.24, 2.45) is 5.92 Å². The van der Waals surface area contributed by atoms with Gasteiger partial charge in [-0.3, -0.25) is 9.69 Å². The van der Waals surface area contributed by atoms with Gasteiger partial charge < -0.3 is 4.90 Å². The molecule has 0 N–H and O–H groups in total. The van der Waals surface area contributed by atoms with E-state index in [1.54, 1.807) is 11.3 Å². The maximum absolute atomic E-state index is 12.1. The van der Waals surface area contributed by atoms with E-state index in [4.69, 9.17) is 4.98 Å². The zero-order valence-corrected chi connectivity index (χ0v) is 14.8. The Kier molecular flexibility index (Phi) is 4.55. The number of carbonyl (C=O) groups is 1. The van der Waals surface area contributed by atoms with Crippen LogP contribution in [-0.4, -0.2) is 46.9 Å². The highest BCUT2D eigenvalue weighted by atomic mass is 32.1. The largest absolute Gasteiger partial charge is 0.340 e. The summed E-state index contributed by atoms with van der Waals surface area (Å²) in [4.78, 5) is 21.4. The van der Waals surface area contributed by atoms with Crippen molar-refractivity contribution in [1.82, 2.24) is 14.8 Å². The van der Waals surface area contributed by atoms with Crippen LogP contribution < -0.4 is 0 Å². The van der Waals surface area contributed by atoms with E-state index in [0.717, 1.165) is 39.1 Å². The van der Waals surface area contributed by atoms with E-state index in [9.17, 15) is 4.79 Å². The van der Waals surface area contributed by atoms with Crippen molar-refractivity contribution in [3.05, 3.63) is 16.1 Å². The first-order valence-electron chi connectivity index (χ1n) is 8.37. The van der Waals surface area contributed by atoms with E-state index in [2.05, 4.69) is 36.0 Å². The Morgan fingerprint density at radius 1 is 1.27 bits per heavy atom. The summed E-state index contributed by atoms with van der Waals surface area (Å²) < 4.78 is 0. The highest BCUT2D eigenvalue weighted by molar-refractivity contribution is 7.09. The lowest BCUT2D eigenvalue weighted by Crippen LogP contribution is -2.48. The molecule has 122 valence electrons. The molecular weight excluding hydrogens is 294 g/mol. The van der Waals surface area contributed by atoms with Gasteiger partial charge in [-0.25, -0.2) is 4.98 Å². The average Bonchev–Trinajstić information content (AvgIpc) is 3.13. The standard InChI is InChI=1S/C17H27N3OS/c1-17(2,3)16-18-14(12-22-16)11-19-6-8-20(9-7-19)15(21)10-13-4-5-13/h12-13H,4-11H2,1-3H3. The van der Waals surface area contributed by atoms with Crippen LogP contribution in [0, 0.1) is 5.92 Å². The molecule has 0 aromatic carbocycles. The maximum Gasteiger partial charge on any atom is 0.222 e. The average molecular weight is 321 g/mol. The summed E-state index contributed by atoms with van der Waals surface area (Å²) in [6, 6.07) is 0. The lowest BCUT2D eigenvalue weighted by Gasteiger charge is -2.34. The van der Waals surface area contributed by atoms with E-state index in [-0.39, 0.29) is 5.41 Å². The Morgan fingerprint density at radius 2 is 1.95 bits per heavy atom. The van der Waals surface area contributed by atoms with Crippen LogP contribution in [0.1, 0.15) is 50.7 Å². The molecule has 22 heavy (non-hydrogen) atoms. The molecule has 0 bridgehead atoms. The Bertz CT molecular complexity index is 522. The van der Waals surface area contributed by atoms with Gasteiger partial charge in [0.2, 0.25) is 5.91 Å². The Hall–Kier alpha value is -0.940. The molecule has 3 rings (SSSR count). The molecule has 1 saturated heterocycles. The maximum atomic E-state index is 12.1. The zero-order chi connectivity index (χ0) is 15.7. The van der Waals surface area contributed by atoms with Gasteiger partial charge in [-0.05, 0) is 18.8 Å². The Balaban J connectivity index is 1.47. The van der Waals surface area contributed by atoms with Crippen LogP contribution in [0.4, 0.5) is 0 Å². The van der Waals surface area contributed by atoms with Crippen LogP contribution in [0.2, 0.25) is 0 Å². The molecule has 0 spiro atoms. The number of rotatable bonds is 4. The van der Waals surface area contributed by atoms with Crippen molar-refractivity contribution < 1.29 is 4.79 Å². The highest BCUT2D eigenvalue weighted by Crippen LogP contribution is 2.33. The first kappa shape index (κ1) is 15.9. The number of nitrogens with zero attached hydrogens (tertiary/aromatic N) is 3. The van der Waals surface area contributed by atoms with Gasteiger partial charge in [0.05, 0.1) is 10.7 Å². The van der Waals surface area contributed by atoms with Crippen LogP contribution in [0.15, 0.2) is 5.38 Å².